The first-order valence-corrected chi connectivity index (χ1v) is 9.71. The second-order valence-electron chi connectivity index (χ2n) is 5.95. The van der Waals surface area contributed by atoms with Gasteiger partial charge >= 0.3 is 0 Å². The Balaban J connectivity index is 1.81. The summed E-state index contributed by atoms with van der Waals surface area (Å²) in [6.07, 6.45) is 3.11. The SMILES string of the molecule is Cc1ccc(S(=O)(=O)N(C)CC(=O)N/N=C\CCc2ccccc2)cc1. The first kappa shape index (κ1) is 19.8. The lowest BCUT2D eigenvalue weighted by Gasteiger charge is -2.16. The fourth-order valence-corrected chi connectivity index (χ4v) is 3.40. The zero-order valence-electron chi connectivity index (χ0n) is 14.9. The summed E-state index contributed by atoms with van der Waals surface area (Å²) in [4.78, 5) is 12.0. The molecule has 0 aliphatic carbocycles. The van der Waals surface area contributed by atoms with Crippen LogP contribution < -0.4 is 5.43 Å². The second kappa shape index (κ2) is 9.26. The van der Waals surface area contributed by atoms with E-state index in [1.807, 2.05) is 37.3 Å². The summed E-state index contributed by atoms with van der Waals surface area (Å²) < 4.78 is 25.8. The standard InChI is InChI=1S/C19H23N3O3S/c1-16-10-12-18(13-11-16)26(24,25)22(2)15-19(23)21-20-14-6-9-17-7-4-3-5-8-17/h3-5,7-8,10-14H,6,9,15H2,1-2H3,(H,21,23)/b20-14-. The van der Waals surface area contributed by atoms with E-state index in [0.29, 0.717) is 6.42 Å². The van der Waals surface area contributed by atoms with Gasteiger partial charge in [0.15, 0.2) is 0 Å². The summed E-state index contributed by atoms with van der Waals surface area (Å²) in [5.74, 6) is -0.487. The monoisotopic (exact) mass is 373 g/mol. The van der Waals surface area contributed by atoms with Gasteiger partial charge in [-0.15, -0.1) is 0 Å². The minimum absolute atomic E-state index is 0.157. The highest BCUT2D eigenvalue weighted by molar-refractivity contribution is 7.89. The molecule has 2 aromatic rings. The van der Waals surface area contributed by atoms with Gasteiger partial charge in [-0.2, -0.15) is 9.41 Å². The number of benzene rings is 2. The smallest absolute Gasteiger partial charge is 0.255 e. The summed E-state index contributed by atoms with van der Waals surface area (Å²) in [6.45, 7) is 1.58. The lowest BCUT2D eigenvalue weighted by atomic mass is 10.1. The molecule has 0 aliphatic heterocycles. The van der Waals surface area contributed by atoms with Gasteiger partial charge in [-0.05, 0) is 37.5 Å². The van der Waals surface area contributed by atoms with Crippen molar-refractivity contribution < 1.29 is 13.2 Å². The van der Waals surface area contributed by atoms with Crippen molar-refractivity contribution in [2.45, 2.75) is 24.7 Å². The number of aryl methyl sites for hydroxylation is 2. The van der Waals surface area contributed by atoms with Gasteiger partial charge in [0, 0.05) is 13.3 Å². The van der Waals surface area contributed by atoms with Crippen LogP contribution >= 0.6 is 0 Å². The Hall–Kier alpha value is -2.51. The van der Waals surface area contributed by atoms with Crippen LogP contribution in [0.25, 0.3) is 0 Å². The molecule has 7 heteroatoms. The molecule has 0 fully saturated rings. The zero-order valence-corrected chi connectivity index (χ0v) is 15.7. The molecule has 26 heavy (non-hydrogen) atoms. The lowest BCUT2D eigenvalue weighted by Crippen LogP contribution is -2.36. The Morgan fingerprint density at radius 2 is 1.77 bits per heavy atom. The Labute approximate surface area is 154 Å². The van der Waals surface area contributed by atoms with Gasteiger partial charge < -0.3 is 0 Å². The maximum absolute atomic E-state index is 12.4. The average molecular weight is 373 g/mol. The number of hydrogen-bond donors (Lipinski definition) is 1. The van der Waals surface area contributed by atoms with Crippen LogP contribution in [0.5, 0.6) is 0 Å². The van der Waals surface area contributed by atoms with Gasteiger partial charge in [0.05, 0.1) is 11.4 Å². The van der Waals surface area contributed by atoms with Crippen LogP contribution in [0.4, 0.5) is 0 Å². The number of nitrogens with zero attached hydrogens (tertiary/aromatic N) is 2. The molecule has 0 unspecified atom stereocenters. The zero-order chi connectivity index (χ0) is 19.0. The number of rotatable bonds is 8. The minimum atomic E-state index is -3.70. The van der Waals surface area contributed by atoms with Gasteiger partial charge in [0.25, 0.3) is 5.91 Å². The molecule has 0 aromatic heterocycles. The molecule has 6 nitrogen and oxygen atoms in total. The predicted molar refractivity (Wildman–Crippen MR) is 102 cm³/mol. The van der Waals surface area contributed by atoms with Gasteiger partial charge in [0.1, 0.15) is 0 Å². The molecular formula is C19H23N3O3S. The van der Waals surface area contributed by atoms with Crippen molar-refractivity contribution in [3.63, 3.8) is 0 Å². The van der Waals surface area contributed by atoms with Crippen molar-refractivity contribution >= 4 is 22.1 Å². The fraction of sp³-hybridized carbons (Fsp3) is 0.263. The van der Waals surface area contributed by atoms with Gasteiger partial charge in [-0.25, -0.2) is 13.8 Å². The summed E-state index contributed by atoms with van der Waals surface area (Å²) in [5, 5.41) is 3.86. The molecule has 138 valence electrons. The molecule has 0 heterocycles. The van der Waals surface area contributed by atoms with Crippen LogP contribution in [0.1, 0.15) is 17.5 Å². The molecule has 0 spiro atoms. The molecule has 0 saturated carbocycles. The topological polar surface area (TPSA) is 78.8 Å². The fourth-order valence-electron chi connectivity index (χ4n) is 2.27. The molecule has 1 amide bonds. The van der Waals surface area contributed by atoms with Crippen LogP contribution in [0.2, 0.25) is 0 Å². The van der Waals surface area contributed by atoms with E-state index in [0.717, 1.165) is 16.3 Å². The van der Waals surface area contributed by atoms with Gasteiger partial charge in [-0.3, -0.25) is 4.79 Å². The Bertz CT molecular complexity index is 847. The number of likely N-dealkylation sites (N-methyl/N-ethyl adjacent to an activating group) is 1. The van der Waals surface area contributed by atoms with Crippen molar-refractivity contribution in [3.8, 4) is 0 Å². The van der Waals surface area contributed by atoms with E-state index in [1.54, 1.807) is 18.3 Å². The van der Waals surface area contributed by atoms with E-state index < -0.39 is 15.9 Å². The second-order valence-corrected chi connectivity index (χ2v) is 7.99. The highest BCUT2D eigenvalue weighted by Crippen LogP contribution is 2.14. The van der Waals surface area contributed by atoms with Crippen molar-refractivity contribution in [2.75, 3.05) is 13.6 Å². The molecule has 2 aromatic carbocycles. The third kappa shape index (κ3) is 5.79. The van der Waals surface area contributed by atoms with Crippen molar-refractivity contribution in [2.24, 2.45) is 5.10 Å². The van der Waals surface area contributed by atoms with E-state index >= 15 is 0 Å². The lowest BCUT2D eigenvalue weighted by molar-refractivity contribution is -0.121. The molecule has 0 bridgehead atoms. The molecule has 2 rings (SSSR count). The Morgan fingerprint density at radius 3 is 2.42 bits per heavy atom. The number of amides is 1. The van der Waals surface area contributed by atoms with Crippen LogP contribution in [-0.4, -0.2) is 38.4 Å². The largest absolute Gasteiger partial charge is 0.272 e. The van der Waals surface area contributed by atoms with Crippen LogP contribution in [-0.2, 0) is 21.2 Å². The number of nitrogens with one attached hydrogen (secondary N) is 1. The summed E-state index contributed by atoms with van der Waals surface area (Å²) in [6, 6.07) is 16.4. The van der Waals surface area contributed by atoms with Crippen LogP contribution in [0.3, 0.4) is 0 Å². The number of carbonyl (C=O) groups is 1. The molecule has 0 radical (unpaired) electrons. The molecule has 0 aliphatic rings. The Morgan fingerprint density at radius 1 is 1.12 bits per heavy atom. The van der Waals surface area contributed by atoms with Gasteiger partial charge in [-0.1, -0.05) is 48.0 Å². The number of hydrazone groups is 1. The van der Waals surface area contributed by atoms with E-state index in [4.69, 9.17) is 0 Å². The molecule has 0 saturated heterocycles. The van der Waals surface area contributed by atoms with Crippen molar-refractivity contribution in [1.29, 1.82) is 0 Å². The first-order chi connectivity index (χ1) is 12.4. The van der Waals surface area contributed by atoms with Crippen LogP contribution in [0, 0.1) is 6.92 Å². The molecule has 1 N–H and O–H groups in total. The number of hydrogen-bond acceptors (Lipinski definition) is 4. The summed E-state index contributed by atoms with van der Waals surface area (Å²) in [5.41, 5.74) is 4.51. The average Bonchev–Trinajstić information content (AvgIpc) is 2.62. The third-order valence-corrected chi connectivity index (χ3v) is 5.60. The number of sulfonamides is 1. The van der Waals surface area contributed by atoms with Crippen molar-refractivity contribution in [1.82, 2.24) is 9.73 Å². The van der Waals surface area contributed by atoms with E-state index in [9.17, 15) is 13.2 Å². The van der Waals surface area contributed by atoms with Crippen molar-refractivity contribution in [3.05, 3.63) is 65.7 Å². The normalized spacial score (nSPS) is 11.8. The van der Waals surface area contributed by atoms with E-state index in [1.165, 1.54) is 24.7 Å². The molecule has 0 atom stereocenters. The summed E-state index contributed by atoms with van der Waals surface area (Å²) >= 11 is 0. The highest BCUT2D eigenvalue weighted by Gasteiger charge is 2.22. The highest BCUT2D eigenvalue weighted by atomic mass is 32.2. The maximum atomic E-state index is 12.4. The van der Waals surface area contributed by atoms with Crippen LogP contribution in [0.15, 0.2) is 64.6 Å². The molecular weight excluding hydrogens is 350 g/mol. The van der Waals surface area contributed by atoms with E-state index in [2.05, 4.69) is 10.5 Å². The van der Waals surface area contributed by atoms with Gasteiger partial charge in [0.2, 0.25) is 10.0 Å². The summed E-state index contributed by atoms with van der Waals surface area (Å²) in [7, 11) is -2.33. The number of carbonyl (C=O) groups excluding carboxylic acids is 1. The third-order valence-electron chi connectivity index (χ3n) is 3.78. The van der Waals surface area contributed by atoms with E-state index in [-0.39, 0.29) is 11.4 Å². The maximum Gasteiger partial charge on any atom is 0.255 e. The quantitative estimate of drug-likeness (QED) is 0.570. The Kier molecular flexibility index (Phi) is 7.06. The minimum Gasteiger partial charge on any atom is -0.272 e. The predicted octanol–water partition coefficient (Wildman–Crippen LogP) is 2.35. The first-order valence-electron chi connectivity index (χ1n) is 8.27.